The van der Waals surface area contributed by atoms with Gasteiger partial charge in [-0.3, -0.25) is 0 Å². The van der Waals surface area contributed by atoms with E-state index in [1.54, 1.807) is 6.07 Å². The van der Waals surface area contributed by atoms with Gasteiger partial charge in [0.25, 0.3) is 0 Å². The molecule has 1 aromatic heterocycles. The summed E-state index contributed by atoms with van der Waals surface area (Å²) in [6, 6.07) is 2.51. The maximum atomic E-state index is 6.12. The molecule has 1 saturated heterocycles. The molecule has 0 amide bonds. The lowest BCUT2D eigenvalue weighted by atomic mass is 10.00. The number of piperidine rings is 1. The number of pyridine rings is 1. The Bertz CT molecular complexity index is 428. The van der Waals surface area contributed by atoms with E-state index in [1.807, 2.05) is 0 Å². The molecule has 6 heteroatoms. The number of nitrogens with one attached hydrogen (secondary N) is 1. The maximum Gasteiger partial charge on any atom is 0.161 e. The molecule has 1 aliphatic rings. The minimum atomic E-state index is 0.292. The van der Waals surface area contributed by atoms with E-state index < -0.39 is 0 Å². The van der Waals surface area contributed by atoms with Crippen molar-refractivity contribution < 1.29 is 0 Å². The summed E-state index contributed by atoms with van der Waals surface area (Å²) in [7, 11) is 0. The standard InChI is InChI=1S/C12H18Cl2N4/c1-7-4-3-5-8(2)18(7)17-12-10(14)6-9(13)11(15)16-12/h6-8H,3-5H2,1-2H3,(H3,15,16,17). The molecule has 2 unspecified atom stereocenters. The van der Waals surface area contributed by atoms with Crippen molar-refractivity contribution in [3.8, 4) is 0 Å². The number of rotatable bonds is 2. The predicted octanol–water partition coefficient (Wildman–Crippen LogP) is 3.56. The van der Waals surface area contributed by atoms with Gasteiger partial charge in [-0.15, -0.1) is 0 Å². The van der Waals surface area contributed by atoms with Crippen molar-refractivity contribution in [2.75, 3.05) is 11.2 Å². The minimum absolute atomic E-state index is 0.292. The fourth-order valence-corrected chi connectivity index (χ4v) is 2.72. The molecule has 0 aromatic carbocycles. The first kappa shape index (κ1) is 13.7. The zero-order valence-electron chi connectivity index (χ0n) is 10.6. The SMILES string of the molecule is CC1CCCC(C)N1Nc1nc(N)c(Cl)cc1Cl. The Balaban J connectivity index is 2.20. The minimum Gasteiger partial charge on any atom is -0.382 e. The van der Waals surface area contributed by atoms with Crippen molar-refractivity contribution in [2.24, 2.45) is 0 Å². The molecule has 3 N–H and O–H groups in total. The number of halogens is 2. The van der Waals surface area contributed by atoms with Crippen LogP contribution in [0.2, 0.25) is 10.0 Å². The van der Waals surface area contributed by atoms with Crippen LogP contribution < -0.4 is 11.2 Å². The lowest BCUT2D eigenvalue weighted by molar-refractivity contribution is 0.135. The van der Waals surface area contributed by atoms with Crippen molar-refractivity contribution in [3.05, 3.63) is 16.1 Å². The highest BCUT2D eigenvalue weighted by atomic mass is 35.5. The normalized spacial score (nSPS) is 25.1. The fourth-order valence-electron chi connectivity index (χ4n) is 2.32. The molecule has 2 rings (SSSR count). The highest BCUT2D eigenvalue weighted by Crippen LogP contribution is 2.30. The van der Waals surface area contributed by atoms with Gasteiger partial charge in [-0.05, 0) is 32.8 Å². The van der Waals surface area contributed by atoms with Crippen LogP contribution in [0.4, 0.5) is 11.6 Å². The lowest BCUT2D eigenvalue weighted by Crippen LogP contribution is -2.47. The van der Waals surface area contributed by atoms with Crippen LogP contribution in [0, 0.1) is 0 Å². The number of nitrogen functional groups attached to an aromatic ring is 1. The van der Waals surface area contributed by atoms with Crippen molar-refractivity contribution in [1.82, 2.24) is 9.99 Å². The molecule has 1 aliphatic heterocycles. The highest BCUT2D eigenvalue weighted by Gasteiger charge is 2.25. The summed E-state index contributed by atoms with van der Waals surface area (Å²) in [5, 5.41) is 3.05. The summed E-state index contributed by atoms with van der Waals surface area (Å²) in [4.78, 5) is 4.20. The van der Waals surface area contributed by atoms with Gasteiger partial charge in [-0.2, -0.15) is 0 Å². The molecule has 100 valence electrons. The van der Waals surface area contributed by atoms with E-state index in [4.69, 9.17) is 28.9 Å². The molecular formula is C12H18Cl2N4. The molecule has 0 spiro atoms. The first-order valence-corrected chi connectivity index (χ1v) is 6.91. The van der Waals surface area contributed by atoms with Gasteiger partial charge in [-0.1, -0.05) is 29.6 Å². The Morgan fingerprint density at radius 1 is 1.28 bits per heavy atom. The number of nitrogens with zero attached hydrogens (tertiary/aromatic N) is 2. The quantitative estimate of drug-likeness (QED) is 0.874. The van der Waals surface area contributed by atoms with Crippen LogP contribution in [0.3, 0.4) is 0 Å². The summed E-state index contributed by atoms with van der Waals surface area (Å²) in [5.41, 5.74) is 8.97. The van der Waals surface area contributed by atoms with Crippen molar-refractivity contribution >= 4 is 34.8 Å². The Morgan fingerprint density at radius 3 is 2.50 bits per heavy atom. The number of hydrazine groups is 1. The Labute approximate surface area is 117 Å². The van der Waals surface area contributed by atoms with Gasteiger partial charge in [-0.25, -0.2) is 9.99 Å². The summed E-state index contributed by atoms with van der Waals surface area (Å²) >= 11 is 12.0. The van der Waals surface area contributed by atoms with Gasteiger partial charge < -0.3 is 11.2 Å². The molecule has 0 radical (unpaired) electrons. The van der Waals surface area contributed by atoms with Crippen LogP contribution in [0.25, 0.3) is 0 Å². The van der Waals surface area contributed by atoms with Crippen LogP contribution >= 0.6 is 23.2 Å². The van der Waals surface area contributed by atoms with E-state index >= 15 is 0 Å². The van der Waals surface area contributed by atoms with Crippen LogP contribution in [0.5, 0.6) is 0 Å². The van der Waals surface area contributed by atoms with Gasteiger partial charge in [0.2, 0.25) is 0 Å². The van der Waals surface area contributed by atoms with Crippen molar-refractivity contribution in [2.45, 2.75) is 45.2 Å². The third-order valence-electron chi connectivity index (χ3n) is 3.39. The zero-order valence-corrected chi connectivity index (χ0v) is 12.1. The van der Waals surface area contributed by atoms with E-state index in [0.717, 1.165) is 12.8 Å². The van der Waals surface area contributed by atoms with Gasteiger partial charge in [0, 0.05) is 12.1 Å². The average Bonchev–Trinajstić information content (AvgIpc) is 2.30. The molecular weight excluding hydrogens is 271 g/mol. The third kappa shape index (κ3) is 2.82. The first-order valence-electron chi connectivity index (χ1n) is 6.15. The van der Waals surface area contributed by atoms with Crippen LogP contribution in [0.1, 0.15) is 33.1 Å². The topological polar surface area (TPSA) is 54.2 Å². The summed E-state index contributed by atoms with van der Waals surface area (Å²) in [6.45, 7) is 4.38. The highest BCUT2D eigenvalue weighted by molar-refractivity contribution is 6.37. The molecule has 18 heavy (non-hydrogen) atoms. The zero-order chi connectivity index (χ0) is 13.3. The second-order valence-electron chi connectivity index (χ2n) is 4.83. The van der Waals surface area contributed by atoms with Gasteiger partial charge in [0.15, 0.2) is 5.82 Å². The Hall–Kier alpha value is -0.710. The first-order chi connectivity index (χ1) is 8.49. The second kappa shape index (κ2) is 5.51. The van der Waals surface area contributed by atoms with Gasteiger partial charge in [0.1, 0.15) is 5.82 Å². The summed E-state index contributed by atoms with van der Waals surface area (Å²) in [5.74, 6) is 0.861. The number of anilines is 2. The van der Waals surface area contributed by atoms with Gasteiger partial charge >= 0.3 is 0 Å². The van der Waals surface area contributed by atoms with Gasteiger partial charge in [0.05, 0.1) is 10.0 Å². The number of hydrogen-bond donors (Lipinski definition) is 2. The van der Waals surface area contributed by atoms with E-state index in [9.17, 15) is 0 Å². The van der Waals surface area contributed by atoms with E-state index in [1.165, 1.54) is 6.42 Å². The average molecular weight is 289 g/mol. The molecule has 4 nitrogen and oxygen atoms in total. The van der Waals surface area contributed by atoms with Crippen LogP contribution in [0.15, 0.2) is 6.07 Å². The monoisotopic (exact) mass is 288 g/mol. The van der Waals surface area contributed by atoms with Crippen molar-refractivity contribution in [1.29, 1.82) is 0 Å². The fraction of sp³-hybridized carbons (Fsp3) is 0.583. The van der Waals surface area contributed by atoms with E-state index in [2.05, 4.69) is 29.3 Å². The predicted molar refractivity (Wildman–Crippen MR) is 76.9 cm³/mol. The second-order valence-corrected chi connectivity index (χ2v) is 5.65. The lowest BCUT2D eigenvalue weighted by Gasteiger charge is -2.39. The Kier molecular flexibility index (Phi) is 4.20. The molecule has 1 fully saturated rings. The van der Waals surface area contributed by atoms with Crippen molar-refractivity contribution in [3.63, 3.8) is 0 Å². The molecule has 0 aliphatic carbocycles. The van der Waals surface area contributed by atoms with Crippen LogP contribution in [-0.4, -0.2) is 22.1 Å². The largest absolute Gasteiger partial charge is 0.382 e. The molecule has 2 heterocycles. The summed E-state index contributed by atoms with van der Waals surface area (Å²) in [6.07, 6.45) is 3.58. The maximum absolute atomic E-state index is 6.12. The molecule has 2 atom stereocenters. The number of aromatic nitrogens is 1. The molecule has 0 saturated carbocycles. The molecule has 1 aromatic rings. The smallest absolute Gasteiger partial charge is 0.161 e. The summed E-state index contributed by atoms with van der Waals surface area (Å²) < 4.78 is 0. The van der Waals surface area contributed by atoms with E-state index in [0.29, 0.717) is 33.8 Å². The third-order valence-corrected chi connectivity index (χ3v) is 3.98. The number of hydrogen-bond acceptors (Lipinski definition) is 4. The van der Waals surface area contributed by atoms with E-state index in [-0.39, 0.29) is 0 Å². The number of nitrogens with two attached hydrogens (primary N) is 1. The molecule has 0 bridgehead atoms. The van der Waals surface area contributed by atoms with Crippen LogP contribution in [-0.2, 0) is 0 Å². The Morgan fingerprint density at radius 2 is 1.89 bits per heavy atom.